The maximum Gasteiger partial charge on any atom is 0.336 e. The fourth-order valence-corrected chi connectivity index (χ4v) is 1.68. The van der Waals surface area contributed by atoms with Gasteiger partial charge >= 0.3 is 5.97 Å². The highest BCUT2D eigenvalue weighted by atomic mass is 19.1. The van der Waals surface area contributed by atoms with Gasteiger partial charge in [-0.05, 0) is 35.7 Å². The number of benzene rings is 2. The van der Waals surface area contributed by atoms with Crippen LogP contribution in [0.25, 0.3) is 11.1 Å². The van der Waals surface area contributed by atoms with E-state index in [0.717, 1.165) is 0 Å². The van der Waals surface area contributed by atoms with Crippen LogP contribution in [0.4, 0.5) is 4.39 Å². The molecule has 0 heterocycles. The van der Waals surface area contributed by atoms with Crippen LogP contribution in [0.1, 0.15) is 15.9 Å². The highest BCUT2D eigenvalue weighted by Crippen LogP contribution is 2.25. The minimum atomic E-state index is -1.01. The Bertz CT molecular complexity index is 576. The van der Waals surface area contributed by atoms with E-state index in [9.17, 15) is 9.18 Å². The molecule has 17 heavy (non-hydrogen) atoms. The monoisotopic (exact) mass is 230 g/mol. The van der Waals surface area contributed by atoms with Gasteiger partial charge in [0.2, 0.25) is 0 Å². The molecule has 0 atom stereocenters. The van der Waals surface area contributed by atoms with Gasteiger partial charge in [-0.3, -0.25) is 0 Å². The highest BCUT2D eigenvalue weighted by Gasteiger charge is 2.11. The third kappa shape index (κ3) is 2.18. The first-order valence-corrected chi connectivity index (χ1v) is 5.18. The van der Waals surface area contributed by atoms with Crippen molar-refractivity contribution in [2.75, 3.05) is 0 Å². The van der Waals surface area contributed by atoms with Crippen molar-refractivity contribution in [3.05, 3.63) is 59.4 Å². The Kier molecular flexibility index (Phi) is 2.91. The lowest BCUT2D eigenvalue weighted by Crippen LogP contribution is -1.99. The van der Waals surface area contributed by atoms with Crippen molar-refractivity contribution in [3.63, 3.8) is 0 Å². The lowest BCUT2D eigenvalue weighted by atomic mass is 9.99. The van der Waals surface area contributed by atoms with Crippen LogP contribution in [0.5, 0.6) is 0 Å². The lowest BCUT2D eigenvalue weighted by molar-refractivity contribution is 0.0697. The molecule has 0 spiro atoms. The molecule has 0 aliphatic carbocycles. The van der Waals surface area contributed by atoms with E-state index in [4.69, 9.17) is 5.11 Å². The fraction of sp³-hybridized carbons (Fsp3) is 0.0714. The van der Waals surface area contributed by atoms with E-state index in [1.165, 1.54) is 12.1 Å². The zero-order chi connectivity index (χ0) is 12.4. The molecule has 0 unspecified atom stereocenters. The van der Waals surface area contributed by atoms with Crippen LogP contribution < -0.4 is 0 Å². The third-order valence-corrected chi connectivity index (χ3v) is 2.64. The number of carbonyl (C=O) groups is 1. The molecular weight excluding hydrogens is 219 g/mol. The summed E-state index contributed by atoms with van der Waals surface area (Å²) in [6.45, 7) is 1.67. The molecule has 0 saturated heterocycles. The Labute approximate surface area is 98.3 Å². The van der Waals surface area contributed by atoms with E-state index in [2.05, 4.69) is 0 Å². The van der Waals surface area contributed by atoms with Gasteiger partial charge in [0.05, 0.1) is 5.56 Å². The Morgan fingerprint density at radius 1 is 1.18 bits per heavy atom. The summed E-state index contributed by atoms with van der Waals surface area (Å²) >= 11 is 0. The number of carboxylic acids is 1. The van der Waals surface area contributed by atoms with Crippen LogP contribution in [-0.4, -0.2) is 11.1 Å². The second-order valence-electron chi connectivity index (χ2n) is 3.81. The summed E-state index contributed by atoms with van der Waals surface area (Å²) < 4.78 is 13.5. The van der Waals surface area contributed by atoms with Crippen molar-refractivity contribution in [1.29, 1.82) is 0 Å². The lowest BCUT2D eigenvalue weighted by Gasteiger charge is -2.07. The minimum Gasteiger partial charge on any atom is -0.478 e. The van der Waals surface area contributed by atoms with Crippen molar-refractivity contribution in [2.24, 2.45) is 0 Å². The molecule has 0 amide bonds. The maximum atomic E-state index is 13.5. The van der Waals surface area contributed by atoms with Crippen LogP contribution in [0, 0.1) is 12.7 Å². The molecule has 0 bridgehead atoms. The van der Waals surface area contributed by atoms with Gasteiger partial charge in [-0.1, -0.05) is 30.3 Å². The molecule has 1 N–H and O–H groups in total. The molecule has 2 aromatic carbocycles. The molecule has 2 rings (SSSR count). The van der Waals surface area contributed by atoms with Crippen molar-refractivity contribution >= 4 is 5.97 Å². The first-order valence-electron chi connectivity index (χ1n) is 5.18. The Hall–Kier alpha value is -2.16. The largest absolute Gasteiger partial charge is 0.478 e. The van der Waals surface area contributed by atoms with Crippen LogP contribution in [0.3, 0.4) is 0 Å². The van der Waals surface area contributed by atoms with Gasteiger partial charge in [-0.25, -0.2) is 9.18 Å². The van der Waals surface area contributed by atoms with E-state index >= 15 is 0 Å². The number of hydrogen-bond acceptors (Lipinski definition) is 1. The van der Waals surface area contributed by atoms with Gasteiger partial charge < -0.3 is 5.11 Å². The molecule has 0 fully saturated rings. The number of hydrogen-bond donors (Lipinski definition) is 1. The molecule has 0 saturated carbocycles. The summed E-state index contributed by atoms with van der Waals surface area (Å²) in [6.07, 6.45) is 0. The fourth-order valence-electron chi connectivity index (χ4n) is 1.68. The van der Waals surface area contributed by atoms with Crippen molar-refractivity contribution < 1.29 is 14.3 Å². The van der Waals surface area contributed by atoms with E-state index in [1.807, 2.05) is 0 Å². The Morgan fingerprint density at radius 3 is 2.53 bits per heavy atom. The first kappa shape index (κ1) is 11.3. The third-order valence-electron chi connectivity index (χ3n) is 2.64. The number of rotatable bonds is 2. The highest BCUT2D eigenvalue weighted by molar-refractivity contribution is 5.95. The second-order valence-corrected chi connectivity index (χ2v) is 3.81. The van der Waals surface area contributed by atoms with Gasteiger partial charge in [0.25, 0.3) is 0 Å². The standard InChI is InChI=1S/C14H11FO2/c1-9-6-7-10(8-13(9)15)11-4-2-3-5-12(11)14(16)17/h2-8H,1H3,(H,16,17). The first-order chi connectivity index (χ1) is 8.09. The molecule has 2 nitrogen and oxygen atoms in total. The van der Waals surface area contributed by atoms with E-state index in [1.54, 1.807) is 37.3 Å². The molecule has 2 aromatic rings. The van der Waals surface area contributed by atoms with Crippen LogP contribution in [0.2, 0.25) is 0 Å². The van der Waals surface area contributed by atoms with Crippen molar-refractivity contribution in [3.8, 4) is 11.1 Å². The summed E-state index contributed by atoms with van der Waals surface area (Å²) in [5, 5.41) is 9.06. The predicted molar refractivity (Wildman–Crippen MR) is 63.5 cm³/mol. The maximum absolute atomic E-state index is 13.5. The summed E-state index contributed by atoms with van der Waals surface area (Å²) in [5.41, 5.74) is 1.82. The molecule has 86 valence electrons. The predicted octanol–water partition coefficient (Wildman–Crippen LogP) is 3.50. The molecular formula is C14H11FO2. The zero-order valence-electron chi connectivity index (χ0n) is 9.27. The van der Waals surface area contributed by atoms with Crippen LogP contribution in [-0.2, 0) is 0 Å². The molecule has 3 heteroatoms. The Morgan fingerprint density at radius 2 is 1.88 bits per heavy atom. The average Bonchev–Trinajstić information content (AvgIpc) is 2.32. The van der Waals surface area contributed by atoms with Gasteiger partial charge in [-0.15, -0.1) is 0 Å². The summed E-state index contributed by atoms with van der Waals surface area (Å²) in [6, 6.07) is 11.3. The molecule has 0 aliphatic rings. The van der Waals surface area contributed by atoms with Crippen LogP contribution in [0.15, 0.2) is 42.5 Å². The van der Waals surface area contributed by atoms with Gasteiger partial charge in [-0.2, -0.15) is 0 Å². The summed E-state index contributed by atoms with van der Waals surface area (Å²) in [7, 11) is 0. The number of aromatic carboxylic acids is 1. The minimum absolute atomic E-state index is 0.177. The SMILES string of the molecule is Cc1ccc(-c2ccccc2C(=O)O)cc1F. The Balaban J connectivity index is 2.60. The van der Waals surface area contributed by atoms with E-state index in [0.29, 0.717) is 16.7 Å². The zero-order valence-corrected chi connectivity index (χ0v) is 9.27. The smallest absolute Gasteiger partial charge is 0.336 e. The molecule has 0 radical (unpaired) electrons. The topological polar surface area (TPSA) is 37.3 Å². The normalized spacial score (nSPS) is 10.2. The van der Waals surface area contributed by atoms with Crippen LogP contribution >= 0.6 is 0 Å². The number of carboxylic acid groups (broad SMARTS) is 1. The van der Waals surface area contributed by atoms with Gasteiger partial charge in [0, 0.05) is 0 Å². The quantitative estimate of drug-likeness (QED) is 0.857. The second kappa shape index (κ2) is 4.37. The average molecular weight is 230 g/mol. The summed E-state index contributed by atoms with van der Waals surface area (Å²) in [5.74, 6) is -1.34. The summed E-state index contributed by atoms with van der Waals surface area (Å²) in [4.78, 5) is 11.1. The van der Waals surface area contributed by atoms with E-state index in [-0.39, 0.29) is 11.4 Å². The van der Waals surface area contributed by atoms with Gasteiger partial charge in [0.1, 0.15) is 5.82 Å². The van der Waals surface area contributed by atoms with Gasteiger partial charge in [0.15, 0.2) is 0 Å². The number of halogens is 1. The molecule has 0 aromatic heterocycles. The van der Waals surface area contributed by atoms with Crippen molar-refractivity contribution in [2.45, 2.75) is 6.92 Å². The number of aryl methyl sites for hydroxylation is 1. The van der Waals surface area contributed by atoms with Crippen molar-refractivity contribution in [1.82, 2.24) is 0 Å². The van der Waals surface area contributed by atoms with E-state index < -0.39 is 5.97 Å². The molecule has 0 aliphatic heterocycles.